The number of hydrogen-bond acceptors (Lipinski definition) is 7. The van der Waals surface area contributed by atoms with Crippen molar-refractivity contribution in [3.63, 3.8) is 0 Å². The summed E-state index contributed by atoms with van der Waals surface area (Å²) in [5.41, 5.74) is 1.34. The maximum atomic E-state index is 12.7. The van der Waals surface area contributed by atoms with Crippen LogP contribution in [0.1, 0.15) is 16.3 Å². The molecule has 5 aromatic rings. The normalized spacial score (nSPS) is 10.9. The van der Waals surface area contributed by atoms with Crippen molar-refractivity contribution in [2.75, 3.05) is 11.6 Å². The first kappa shape index (κ1) is 20.8. The molecule has 0 atom stereocenters. The second-order valence-electron chi connectivity index (χ2n) is 7.15. The molecule has 8 nitrogen and oxygen atoms in total. The Morgan fingerprint density at radius 2 is 1.91 bits per heavy atom. The van der Waals surface area contributed by atoms with Gasteiger partial charge in [-0.25, -0.2) is 0 Å². The van der Waals surface area contributed by atoms with Crippen LogP contribution in [0.3, 0.4) is 0 Å². The number of aromatic nitrogens is 4. The number of tetrazole rings is 1. The molecule has 164 valence electrons. The van der Waals surface area contributed by atoms with Crippen LogP contribution in [-0.2, 0) is 6.61 Å². The topological polar surface area (TPSA) is 95.1 Å². The molecule has 0 fully saturated rings. The number of amides is 1. The lowest BCUT2D eigenvalue weighted by atomic mass is 10.1. The molecule has 2 heterocycles. The predicted octanol–water partition coefficient (Wildman–Crippen LogP) is 4.96. The number of nitrogens with zero attached hydrogens (tertiary/aromatic N) is 4. The Balaban J connectivity index is 1.24. The summed E-state index contributed by atoms with van der Waals surface area (Å²) in [7, 11) is 0. The number of carbonyl (C=O) groups excluding carboxylic acids is 1. The molecule has 3 aromatic carbocycles. The van der Waals surface area contributed by atoms with Crippen molar-refractivity contribution in [2.24, 2.45) is 0 Å². The van der Waals surface area contributed by atoms with E-state index in [1.165, 1.54) is 11.8 Å². The smallest absolute Gasteiger partial charge is 0.291 e. The molecule has 9 heteroatoms. The summed E-state index contributed by atoms with van der Waals surface area (Å²) < 4.78 is 13.1. The van der Waals surface area contributed by atoms with Crippen molar-refractivity contribution in [1.82, 2.24) is 20.2 Å². The molecule has 33 heavy (non-hydrogen) atoms. The lowest BCUT2D eigenvalue weighted by Crippen LogP contribution is -2.11. The standard InChI is InChI=1S/C24H19N5O3S/c1-33-24-26-27-28-29(24)19-8-4-7-18(14-19)25-23(30)22-12-11-21(32-22)15-31-20-10-9-16-5-2-3-6-17(16)13-20/h2-14H,15H2,1H3,(H,25,30). The lowest BCUT2D eigenvalue weighted by Gasteiger charge is -2.07. The first-order chi connectivity index (χ1) is 16.2. The molecule has 0 aliphatic heterocycles. The number of thioether (sulfide) groups is 1. The van der Waals surface area contributed by atoms with Gasteiger partial charge in [0.05, 0.1) is 5.69 Å². The van der Waals surface area contributed by atoms with Gasteiger partial charge in [0.2, 0.25) is 5.16 Å². The van der Waals surface area contributed by atoms with Crippen molar-refractivity contribution in [3.05, 3.63) is 90.4 Å². The van der Waals surface area contributed by atoms with E-state index in [4.69, 9.17) is 9.15 Å². The number of benzene rings is 3. The first-order valence-corrected chi connectivity index (χ1v) is 11.4. The van der Waals surface area contributed by atoms with Crippen LogP contribution in [0.5, 0.6) is 5.75 Å². The Hall–Kier alpha value is -4.11. The van der Waals surface area contributed by atoms with E-state index in [1.54, 1.807) is 28.9 Å². The van der Waals surface area contributed by atoms with E-state index < -0.39 is 0 Å². The quantitative estimate of drug-likeness (QED) is 0.345. The van der Waals surface area contributed by atoms with Crippen molar-refractivity contribution in [2.45, 2.75) is 11.8 Å². The number of hydrogen-bond donors (Lipinski definition) is 1. The molecular weight excluding hydrogens is 438 g/mol. The maximum absolute atomic E-state index is 12.7. The summed E-state index contributed by atoms with van der Waals surface area (Å²) in [6, 6.07) is 24.6. The van der Waals surface area contributed by atoms with E-state index >= 15 is 0 Å². The molecule has 0 radical (unpaired) electrons. The molecule has 0 spiro atoms. The van der Waals surface area contributed by atoms with Crippen molar-refractivity contribution in [3.8, 4) is 11.4 Å². The van der Waals surface area contributed by atoms with Crippen LogP contribution < -0.4 is 10.1 Å². The van der Waals surface area contributed by atoms with E-state index in [2.05, 4.69) is 26.9 Å². The van der Waals surface area contributed by atoms with Crippen LogP contribution in [0.2, 0.25) is 0 Å². The van der Waals surface area contributed by atoms with Crippen molar-refractivity contribution < 1.29 is 13.9 Å². The van der Waals surface area contributed by atoms with E-state index in [1.807, 2.05) is 54.8 Å². The molecule has 0 aliphatic carbocycles. The van der Waals surface area contributed by atoms with Gasteiger partial charge in [-0.3, -0.25) is 4.79 Å². The van der Waals surface area contributed by atoms with Gasteiger partial charge in [-0.2, -0.15) is 4.68 Å². The van der Waals surface area contributed by atoms with Gasteiger partial charge in [0.1, 0.15) is 18.1 Å². The van der Waals surface area contributed by atoms with Crippen LogP contribution in [-0.4, -0.2) is 32.4 Å². The maximum Gasteiger partial charge on any atom is 0.291 e. The highest BCUT2D eigenvalue weighted by Gasteiger charge is 2.13. The van der Waals surface area contributed by atoms with Gasteiger partial charge in [0, 0.05) is 5.69 Å². The number of anilines is 1. The van der Waals surface area contributed by atoms with Gasteiger partial charge in [-0.1, -0.05) is 48.2 Å². The Kier molecular flexibility index (Phi) is 5.77. The first-order valence-electron chi connectivity index (χ1n) is 10.1. The number of furan rings is 1. The Bertz CT molecular complexity index is 1430. The van der Waals surface area contributed by atoms with E-state index in [-0.39, 0.29) is 18.3 Å². The van der Waals surface area contributed by atoms with Crippen LogP contribution in [0.4, 0.5) is 5.69 Å². The fraction of sp³-hybridized carbons (Fsp3) is 0.0833. The second-order valence-corrected chi connectivity index (χ2v) is 7.92. The zero-order valence-corrected chi connectivity index (χ0v) is 18.5. The molecule has 1 N–H and O–H groups in total. The summed E-state index contributed by atoms with van der Waals surface area (Å²) in [6.07, 6.45) is 1.89. The van der Waals surface area contributed by atoms with E-state index in [0.29, 0.717) is 16.6 Å². The molecule has 1 amide bonds. The second kappa shape index (κ2) is 9.17. The fourth-order valence-electron chi connectivity index (χ4n) is 3.37. The highest BCUT2D eigenvalue weighted by atomic mass is 32.2. The molecule has 0 saturated carbocycles. The van der Waals surface area contributed by atoms with Gasteiger partial charge in [-0.15, -0.1) is 5.10 Å². The molecular formula is C24H19N5O3S. The zero-order chi connectivity index (χ0) is 22.6. The van der Waals surface area contributed by atoms with Gasteiger partial charge < -0.3 is 14.5 Å². The minimum absolute atomic E-state index is 0.199. The van der Waals surface area contributed by atoms with Gasteiger partial charge in [-0.05, 0) is 69.9 Å². The van der Waals surface area contributed by atoms with Crippen molar-refractivity contribution >= 4 is 34.1 Å². The van der Waals surface area contributed by atoms with Crippen molar-refractivity contribution in [1.29, 1.82) is 0 Å². The summed E-state index contributed by atoms with van der Waals surface area (Å²) in [5.74, 6) is 1.14. The Morgan fingerprint density at radius 1 is 1.03 bits per heavy atom. The summed E-state index contributed by atoms with van der Waals surface area (Å²) in [5, 5.41) is 17.4. The number of fused-ring (bicyclic) bond motifs is 1. The van der Waals surface area contributed by atoms with Crippen LogP contribution in [0.25, 0.3) is 16.5 Å². The number of ether oxygens (including phenoxy) is 1. The number of rotatable bonds is 7. The third-order valence-corrected chi connectivity index (χ3v) is 5.58. The highest BCUT2D eigenvalue weighted by Crippen LogP contribution is 2.23. The Morgan fingerprint density at radius 3 is 2.79 bits per heavy atom. The largest absolute Gasteiger partial charge is 0.486 e. The van der Waals surface area contributed by atoms with Gasteiger partial charge in [0.25, 0.3) is 5.91 Å². The third-order valence-electron chi connectivity index (χ3n) is 4.96. The van der Waals surface area contributed by atoms with Crippen LogP contribution >= 0.6 is 11.8 Å². The van der Waals surface area contributed by atoms with Gasteiger partial charge >= 0.3 is 0 Å². The van der Waals surface area contributed by atoms with Gasteiger partial charge in [0.15, 0.2) is 5.76 Å². The minimum atomic E-state index is -0.356. The lowest BCUT2D eigenvalue weighted by molar-refractivity contribution is 0.0992. The van der Waals surface area contributed by atoms with E-state index in [0.717, 1.165) is 22.2 Å². The molecule has 2 aromatic heterocycles. The zero-order valence-electron chi connectivity index (χ0n) is 17.6. The average molecular weight is 458 g/mol. The molecule has 0 saturated heterocycles. The number of carbonyl (C=O) groups is 1. The predicted molar refractivity (Wildman–Crippen MR) is 126 cm³/mol. The van der Waals surface area contributed by atoms with Crippen LogP contribution in [0.15, 0.2) is 88.4 Å². The molecule has 0 aliphatic rings. The molecule has 0 bridgehead atoms. The SMILES string of the molecule is CSc1nnnn1-c1cccc(NC(=O)c2ccc(COc3ccc4ccccc4c3)o2)c1. The molecule has 5 rings (SSSR count). The summed E-state index contributed by atoms with van der Waals surface area (Å²) >= 11 is 1.43. The van der Waals surface area contributed by atoms with E-state index in [9.17, 15) is 4.79 Å². The summed E-state index contributed by atoms with van der Waals surface area (Å²) in [6.45, 7) is 0.220. The number of nitrogens with one attached hydrogen (secondary N) is 1. The summed E-state index contributed by atoms with van der Waals surface area (Å²) in [4.78, 5) is 12.7. The van der Waals surface area contributed by atoms with Crippen LogP contribution in [0, 0.1) is 0 Å². The fourth-order valence-corrected chi connectivity index (χ4v) is 3.80. The third kappa shape index (κ3) is 4.58. The molecule has 0 unspecified atom stereocenters. The average Bonchev–Trinajstić information content (AvgIpc) is 3.52. The highest BCUT2D eigenvalue weighted by molar-refractivity contribution is 7.98. The Labute approximate surface area is 193 Å². The minimum Gasteiger partial charge on any atom is -0.486 e. The monoisotopic (exact) mass is 457 g/mol.